The lowest BCUT2D eigenvalue weighted by atomic mass is 10.4. The summed E-state index contributed by atoms with van der Waals surface area (Å²) in [4.78, 5) is 0. The molecule has 0 atom stereocenters. The van der Waals surface area contributed by atoms with Gasteiger partial charge in [0.05, 0.1) is 11.9 Å². The molecule has 0 amide bonds. The minimum absolute atomic E-state index is 0.106. The molecule has 18 heavy (non-hydrogen) atoms. The summed E-state index contributed by atoms with van der Waals surface area (Å²) in [6.07, 6.45) is 4.04. The van der Waals surface area contributed by atoms with Crippen molar-refractivity contribution in [2.75, 3.05) is 18.8 Å². The third kappa shape index (κ3) is 6.67. The van der Waals surface area contributed by atoms with Gasteiger partial charge in [-0.1, -0.05) is 19.1 Å². The molecule has 0 aliphatic carbocycles. The van der Waals surface area contributed by atoms with E-state index >= 15 is 0 Å². The molecule has 0 aliphatic heterocycles. The zero-order chi connectivity index (χ0) is 13.4. The first-order valence-corrected chi connectivity index (χ1v) is 7.69. The van der Waals surface area contributed by atoms with Crippen LogP contribution >= 0.6 is 0 Å². The van der Waals surface area contributed by atoms with Crippen molar-refractivity contribution >= 4 is 10.0 Å². The van der Waals surface area contributed by atoms with Crippen LogP contribution in [-0.2, 0) is 16.6 Å². The number of hydrogen-bond acceptors (Lipinski definition) is 5. The van der Waals surface area contributed by atoms with Gasteiger partial charge in [-0.15, -0.1) is 5.10 Å². The van der Waals surface area contributed by atoms with Gasteiger partial charge in [0.25, 0.3) is 0 Å². The maximum atomic E-state index is 11.6. The van der Waals surface area contributed by atoms with Crippen molar-refractivity contribution < 1.29 is 8.42 Å². The van der Waals surface area contributed by atoms with Crippen LogP contribution in [0.5, 0.6) is 0 Å². The van der Waals surface area contributed by atoms with E-state index < -0.39 is 10.0 Å². The summed E-state index contributed by atoms with van der Waals surface area (Å²) >= 11 is 0. The van der Waals surface area contributed by atoms with Crippen molar-refractivity contribution in [3.8, 4) is 0 Å². The van der Waals surface area contributed by atoms with Gasteiger partial charge in [0.2, 0.25) is 10.0 Å². The zero-order valence-corrected chi connectivity index (χ0v) is 11.7. The van der Waals surface area contributed by atoms with E-state index in [1.807, 2.05) is 13.8 Å². The van der Waals surface area contributed by atoms with Crippen molar-refractivity contribution in [2.24, 2.45) is 0 Å². The molecule has 0 radical (unpaired) electrons. The monoisotopic (exact) mass is 275 g/mol. The third-order valence-corrected chi connectivity index (χ3v) is 3.67. The highest BCUT2D eigenvalue weighted by atomic mass is 32.2. The molecule has 1 rings (SSSR count). The fraction of sp³-hybridized carbons (Fsp3) is 0.800. The van der Waals surface area contributed by atoms with Gasteiger partial charge in [-0.05, 0) is 6.42 Å². The van der Waals surface area contributed by atoms with Gasteiger partial charge in [0, 0.05) is 31.9 Å². The van der Waals surface area contributed by atoms with Crippen molar-refractivity contribution in [3.05, 3.63) is 12.4 Å². The van der Waals surface area contributed by atoms with Crippen LogP contribution in [0.2, 0.25) is 0 Å². The SMILES string of the molecule is CC(C)NCCS(=O)(=O)NCCCn1ccnn1. The van der Waals surface area contributed by atoms with Crippen molar-refractivity contribution in [1.29, 1.82) is 0 Å². The molecule has 0 fully saturated rings. The highest BCUT2D eigenvalue weighted by Crippen LogP contribution is 1.89. The molecule has 0 saturated carbocycles. The lowest BCUT2D eigenvalue weighted by Crippen LogP contribution is -2.35. The van der Waals surface area contributed by atoms with Gasteiger partial charge in [-0.25, -0.2) is 13.1 Å². The zero-order valence-electron chi connectivity index (χ0n) is 10.8. The standard InChI is InChI=1S/C10H21N5O2S/c1-10(2)11-6-9-18(16,17)13-4-3-7-15-8-5-12-14-15/h5,8,10-11,13H,3-4,6-7,9H2,1-2H3. The number of hydrogen-bond donors (Lipinski definition) is 2. The highest BCUT2D eigenvalue weighted by Gasteiger charge is 2.08. The predicted octanol–water partition coefficient (Wildman–Crippen LogP) is -0.414. The van der Waals surface area contributed by atoms with E-state index in [0.717, 1.165) is 0 Å². The van der Waals surface area contributed by atoms with Crippen molar-refractivity contribution in [3.63, 3.8) is 0 Å². The summed E-state index contributed by atoms with van der Waals surface area (Å²) in [7, 11) is -3.18. The molecule has 0 aromatic carbocycles. The van der Waals surface area contributed by atoms with Crippen molar-refractivity contribution in [2.45, 2.75) is 32.9 Å². The Morgan fingerprint density at radius 2 is 2.11 bits per heavy atom. The first-order chi connectivity index (χ1) is 8.49. The highest BCUT2D eigenvalue weighted by molar-refractivity contribution is 7.89. The molecule has 0 unspecified atom stereocenters. The Hall–Kier alpha value is -0.990. The molecule has 7 nitrogen and oxygen atoms in total. The van der Waals surface area contributed by atoms with Gasteiger partial charge in [-0.3, -0.25) is 4.68 Å². The molecule has 104 valence electrons. The second kappa shape index (κ2) is 7.45. The number of aryl methyl sites for hydroxylation is 1. The van der Waals surface area contributed by atoms with E-state index in [-0.39, 0.29) is 5.75 Å². The molecule has 0 bridgehead atoms. The van der Waals surface area contributed by atoms with Crippen LogP contribution in [0.15, 0.2) is 12.4 Å². The lowest BCUT2D eigenvalue weighted by molar-refractivity contribution is 0.539. The maximum absolute atomic E-state index is 11.6. The van der Waals surface area contributed by atoms with Crippen molar-refractivity contribution in [1.82, 2.24) is 25.0 Å². The fourth-order valence-electron chi connectivity index (χ4n) is 1.37. The normalized spacial score (nSPS) is 12.2. The third-order valence-electron chi connectivity index (χ3n) is 2.28. The Labute approximate surface area is 108 Å². The molecule has 2 N–H and O–H groups in total. The van der Waals surface area contributed by atoms with E-state index in [2.05, 4.69) is 20.4 Å². The topological polar surface area (TPSA) is 88.9 Å². The number of rotatable bonds is 9. The second-order valence-corrected chi connectivity index (χ2v) is 6.27. The van der Waals surface area contributed by atoms with E-state index in [1.54, 1.807) is 17.1 Å². The molecule has 1 aromatic rings. The van der Waals surface area contributed by atoms with Gasteiger partial charge < -0.3 is 5.32 Å². The molecule has 0 saturated heterocycles. The molecule has 0 spiro atoms. The first-order valence-electron chi connectivity index (χ1n) is 6.04. The minimum atomic E-state index is -3.18. The van der Waals surface area contributed by atoms with Crippen LogP contribution in [0.3, 0.4) is 0 Å². The van der Waals surface area contributed by atoms with Crippen LogP contribution < -0.4 is 10.0 Å². The van der Waals surface area contributed by atoms with Gasteiger partial charge in [-0.2, -0.15) is 0 Å². The van der Waals surface area contributed by atoms with Crippen LogP contribution in [-0.4, -0.2) is 48.3 Å². The summed E-state index contributed by atoms with van der Waals surface area (Å²) < 4.78 is 27.4. The summed E-state index contributed by atoms with van der Waals surface area (Å²) in [5.41, 5.74) is 0. The van der Waals surface area contributed by atoms with Crippen LogP contribution in [0.1, 0.15) is 20.3 Å². The fourth-order valence-corrected chi connectivity index (χ4v) is 2.36. The number of aromatic nitrogens is 3. The average Bonchev–Trinajstić information content (AvgIpc) is 2.76. The average molecular weight is 275 g/mol. The Bertz CT molecular complexity index is 415. The Morgan fingerprint density at radius 1 is 1.33 bits per heavy atom. The largest absolute Gasteiger partial charge is 0.313 e. The van der Waals surface area contributed by atoms with E-state index in [4.69, 9.17) is 0 Å². The minimum Gasteiger partial charge on any atom is -0.313 e. The molecular formula is C10H21N5O2S. The Balaban J connectivity index is 2.13. The predicted molar refractivity (Wildman–Crippen MR) is 69.6 cm³/mol. The van der Waals surface area contributed by atoms with Gasteiger partial charge in [0.15, 0.2) is 0 Å². The summed E-state index contributed by atoms with van der Waals surface area (Å²) in [5.74, 6) is 0.106. The van der Waals surface area contributed by atoms with Crippen LogP contribution in [0.4, 0.5) is 0 Å². The number of nitrogens with one attached hydrogen (secondary N) is 2. The quantitative estimate of drug-likeness (QED) is 0.598. The molecule has 1 heterocycles. The van der Waals surface area contributed by atoms with E-state index in [0.29, 0.717) is 32.1 Å². The van der Waals surface area contributed by atoms with E-state index in [1.165, 1.54) is 0 Å². The molecule has 8 heteroatoms. The van der Waals surface area contributed by atoms with Gasteiger partial charge in [0.1, 0.15) is 0 Å². The Kier molecular flexibility index (Phi) is 6.23. The van der Waals surface area contributed by atoms with Gasteiger partial charge >= 0.3 is 0 Å². The lowest BCUT2D eigenvalue weighted by Gasteiger charge is -2.09. The molecule has 0 aliphatic rings. The summed E-state index contributed by atoms with van der Waals surface area (Å²) in [5, 5.41) is 10.5. The number of nitrogens with zero attached hydrogens (tertiary/aromatic N) is 3. The van der Waals surface area contributed by atoms with Crippen LogP contribution in [0.25, 0.3) is 0 Å². The molecular weight excluding hydrogens is 254 g/mol. The summed E-state index contributed by atoms with van der Waals surface area (Å²) in [6.45, 7) is 5.52. The number of sulfonamides is 1. The summed E-state index contributed by atoms with van der Waals surface area (Å²) in [6, 6.07) is 0.299. The molecule has 1 aromatic heterocycles. The first kappa shape index (κ1) is 15.1. The second-order valence-electron chi connectivity index (χ2n) is 4.34. The van der Waals surface area contributed by atoms with Crippen LogP contribution in [0, 0.1) is 0 Å². The Morgan fingerprint density at radius 3 is 2.72 bits per heavy atom. The maximum Gasteiger partial charge on any atom is 0.212 e. The van der Waals surface area contributed by atoms with E-state index in [9.17, 15) is 8.42 Å². The smallest absolute Gasteiger partial charge is 0.212 e.